The second-order valence-electron chi connectivity index (χ2n) is 4.20. The molecule has 6 heteroatoms. The van der Waals surface area contributed by atoms with Crippen molar-refractivity contribution in [1.29, 1.82) is 0 Å². The number of anilines is 1. The van der Waals surface area contributed by atoms with Gasteiger partial charge in [0, 0.05) is 0 Å². The van der Waals surface area contributed by atoms with Crippen LogP contribution in [-0.4, -0.2) is 11.7 Å². The Morgan fingerprint density at radius 3 is 2.67 bits per heavy atom. The van der Waals surface area contributed by atoms with Crippen LogP contribution in [-0.2, 0) is 20.1 Å². The van der Waals surface area contributed by atoms with Gasteiger partial charge in [0.2, 0.25) is 0 Å². The number of rotatable bonds is 5. The number of hydrogen-bond donors (Lipinski definition) is 1. The molecule has 1 N–H and O–H groups in total. The molecule has 21 heavy (non-hydrogen) atoms. The van der Waals surface area contributed by atoms with Gasteiger partial charge >= 0.3 is 143 Å². The Hall–Kier alpha value is -0.597. The van der Waals surface area contributed by atoms with E-state index in [1.807, 2.05) is 47.1 Å². The Kier molecular flexibility index (Phi) is 6.50. The summed E-state index contributed by atoms with van der Waals surface area (Å²) >= 11 is 4.14. The van der Waals surface area contributed by atoms with E-state index in [9.17, 15) is 0 Å². The fraction of sp³-hybridized carbons (Fsp3) is 0.133. The van der Waals surface area contributed by atoms with Crippen molar-refractivity contribution in [3.8, 4) is 5.75 Å². The Balaban J connectivity index is 2.22. The minimum atomic E-state index is -1.89. The zero-order valence-electron chi connectivity index (χ0n) is 11.2. The van der Waals surface area contributed by atoms with Gasteiger partial charge < -0.3 is 0 Å². The van der Waals surface area contributed by atoms with Crippen molar-refractivity contribution in [3.05, 3.63) is 58.6 Å². The first-order chi connectivity index (χ1) is 10.1. The molecule has 0 bridgehead atoms. The van der Waals surface area contributed by atoms with Crippen molar-refractivity contribution in [3.63, 3.8) is 0 Å². The van der Waals surface area contributed by atoms with Gasteiger partial charge in [-0.1, -0.05) is 0 Å². The molecule has 0 aliphatic rings. The molecule has 2 nitrogen and oxygen atoms in total. The third-order valence-corrected chi connectivity index (χ3v) is 4.94. The van der Waals surface area contributed by atoms with Crippen molar-refractivity contribution >= 4 is 41.3 Å². The van der Waals surface area contributed by atoms with Crippen LogP contribution in [0.1, 0.15) is 11.1 Å². The van der Waals surface area contributed by atoms with Gasteiger partial charge in [0.25, 0.3) is 0 Å². The number of benzene rings is 2. The molecule has 0 radical (unpaired) electrons. The molecule has 2 rings (SSSR count). The van der Waals surface area contributed by atoms with Crippen molar-refractivity contribution in [2.45, 2.75) is 6.54 Å². The van der Waals surface area contributed by atoms with Crippen molar-refractivity contribution < 1.29 is 18.3 Å². The summed E-state index contributed by atoms with van der Waals surface area (Å²) < 4.78 is 7.22. The summed E-state index contributed by atoms with van der Waals surface area (Å²) in [7, 11) is 13.6. The average Bonchev–Trinajstić information content (AvgIpc) is 2.46. The van der Waals surface area contributed by atoms with Crippen molar-refractivity contribution in [1.82, 2.24) is 0 Å². The van der Waals surface area contributed by atoms with E-state index in [-0.39, 0.29) is 0 Å². The molecule has 0 saturated heterocycles. The SMILES string of the molecule is COc1ccccc1NCc1ccc(Cl)cc1[CH]=[Ru]([Cl])[Cl]. The average molecular weight is 432 g/mol. The standard InChI is InChI=1S/C15H14ClNO.2ClH.Ru/c1-11-9-13(16)8-7-12(11)10-17-14-5-3-4-6-15(14)18-2;;;/h1,3-9,17H,10H2,2H3;2*1H;/q;;;+2/p-2. The zero-order chi connectivity index (χ0) is 15.2. The van der Waals surface area contributed by atoms with Crippen molar-refractivity contribution in [2.75, 3.05) is 12.4 Å². The summed E-state index contributed by atoms with van der Waals surface area (Å²) in [4.78, 5) is 0. The summed E-state index contributed by atoms with van der Waals surface area (Å²) in [6, 6.07) is 13.5. The van der Waals surface area contributed by atoms with E-state index >= 15 is 0 Å². The first-order valence-electron chi connectivity index (χ1n) is 6.08. The number of nitrogens with one attached hydrogen (secondary N) is 1. The third kappa shape index (κ3) is 4.97. The number of para-hydroxylation sites is 2. The monoisotopic (exact) mass is 431 g/mol. The Bertz CT molecular complexity index is 657. The van der Waals surface area contributed by atoms with Crippen LogP contribution in [0, 0.1) is 0 Å². The molecule has 114 valence electrons. The minimum absolute atomic E-state index is 0.638. The van der Waals surface area contributed by atoms with Gasteiger partial charge in [0.05, 0.1) is 0 Å². The summed E-state index contributed by atoms with van der Waals surface area (Å²) in [6.07, 6.45) is 0. The Labute approximate surface area is 142 Å². The molecule has 0 spiro atoms. The molecule has 2 aromatic rings. The Morgan fingerprint density at radius 1 is 1.19 bits per heavy atom. The fourth-order valence-corrected chi connectivity index (χ4v) is 3.93. The van der Waals surface area contributed by atoms with Gasteiger partial charge in [0.1, 0.15) is 0 Å². The Morgan fingerprint density at radius 2 is 1.95 bits per heavy atom. The molecule has 0 fully saturated rings. The van der Waals surface area contributed by atoms with Crippen LogP contribution in [0.4, 0.5) is 5.69 Å². The molecule has 0 saturated carbocycles. The topological polar surface area (TPSA) is 21.3 Å². The molecule has 0 amide bonds. The predicted molar refractivity (Wildman–Crippen MR) is 88.6 cm³/mol. The maximum absolute atomic E-state index is 6.03. The zero-order valence-corrected chi connectivity index (χ0v) is 15.2. The number of hydrogen-bond acceptors (Lipinski definition) is 2. The fourth-order valence-electron chi connectivity index (χ4n) is 1.89. The van der Waals surface area contributed by atoms with E-state index in [0.29, 0.717) is 11.6 Å². The number of halogens is 3. The van der Waals surface area contributed by atoms with Crippen LogP contribution >= 0.6 is 31.0 Å². The second kappa shape index (κ2) is 8.15. The van der Waals surface area contributed by atoms with E-state index in [2.05, 4.69) is 5.32 Å². The van der Waals surface area contributed by atoms with Gasteiger partial charge in [-0.05, 0) is 0 Å². The number of ether oxygens (including phenoxy) is 1. The van der Waals surface area contributed by atoms with Crippen LogP contribution in [0.15, 0.2) is 42.5 Å². The second-order valence-corrected chi connectivity index (χ2v) is 10.4. The van der Waals surface area contributed by atoms with Gasteiger partial charge in [0.15, 0.2) is 0 Å². The van der Waals surface area contributed by atoms with Crippen LogP contribution in [0.25, 0.3) is 0 Å². The quantitative estimate of drug-likeness (QED) is 0.670. The van der Waals surface area contributed by atoms with E-state index in [1.54, 1.807) is 7.11 Å². The van der Waals surface area contributed by atoms with Crippen LogP contribution in [0.3, 0.4) is 0 Å². The van der Waals surface area contributed by atoms with E-state index in [4.69, 9.17) is 35.7 Å². The number of methoxy groups -OCH3 is 1. The molecule has 2 aromatic carbocycles. The van der Waals surface area contributed by atoms with Gasteiger partial charge in [-0.2, -0.15) is 0 Å². The van der Waals surface area contributed by atoms with E-state index in [1.165, 1.54) is 0 Å². The molecular weight excluding hydrogens is 418 g/mol. The molecule has 0 atom stereocenters. The molecule has 0 aromatic heterocycles. The van der Waals surface area contributed by atoms with Gasteiger partial charge in [-0.3, -0.25) is 0 Å². The van der Waals surface area contributed by atoms with Gasteiger partial charge in [-0.25, -0.2) is 0 Å². The molecular formula is C15H14Cl3NORu. The molecule has 0 aliphatic carbocycles. The first-order valence-corrected chi connectivity index (χ1v) is 11.9. The molecule has 0 aliphatic heterocycles. The summed E-state index contributed by atoms with van der Waals surface area (Å²) in [5.41, 5.74) is 3.01. The first kappa shape index (κ1) is 16.8. The van der Waals surface area contributed by atoms with Crippen molar-refractivity contribution in [2.24, 2.45) is 0 Å². The van der Waals surface area contributed by atoms with Gasteiger partial charge in [-0.15, -0.1) is 0 Å². The van der Waals surface area contributed by atoms with Crippen LogP contribution < -0.4 is 10.1 Å². The summed E-state index contributed by atoms with van der Waals surface area (Å²) in [6.45, 7) is 0.638. The summed E-state index contributed by atoms with van der Waals surface area (Å²) in [5.74, 6) is 0.805. The maximum atomic E-state index is 6.03. The van der Waals surface area contributed by atoms with E-state index < -0.39 is 13.5 Å². The van der Waals surface area contributed by atoms with Crippen LogP contribution in [0.5, 0.6) is 5.75 Å². The van der Waals surface area contributed by atoms with Crippen LogP contribution in [0.2, 0.25) is 5.02 Å². The van der Waals surface area contributed by atoms with E-state index in [0.717, 1.165) is 22.6 Å². The third-order valence-electron chi connectivity index (χ3n) is 2.87. The molecule has 0 heterocycles. The molecule has 0 unspecified atom stereocenters. The summed E-state index contributed by atoms with van der Waals surface area (Å²) in [5, 5.41) is 4.03. The normalized spacial score (nSPS) is 11.0. The predicted octanol–water partition coefficient (Wildman–Crippen LogP) is 5.04.